The standard InChI is InChI=1S/C19H24ClNO3.ClH/c1-4-23-18-11-15(10-17(20)19(18)24-5-2)13-21-12-14-6-8-16(22-3)9-7-14;/h6-11,21H,4-5,12-13H2,1-3H3;1H. The van der Waals surface area contributed by atoms with Gasteiger partial charge in [0, 0.05) is 13.1 Å². The van der Waals surface area contributed by atoms with Crippen LogP contribution in [0.3, 0.4) is 0 Å². The van der Waals surface area contributed by atoms with Gasteiger partial charge >= 0.3 is 0 Å². The van der Waals surface area contributed by atoms with Gasteiger partial charge in [-0.3, -0.25) is 0 Å². The molecule has 1 N–H and O–H groups in total. The molecule has 25 heavy (non-hydrogen) atoms. The molecule has 0 aliphatic rings. The number of halogens is 2. The summed E-state index contributed by atoms with van der Waals surface area (Å²) in [4.78, 5) is 0. The van der Waals surface area contributed by atoms with Gasteiger partial charge in [-0.25, -0.2) is 0 Å². The second-order valence-corrected chi connectivity index (χ2v) is 5.63. The first-order chi connectivity index (χ1) is 11.7. The zero-order valence-corrected chi connectivity index (χ0v) is 16.4. The van der Waals surface area contributed by atoms with Crippen LogP contribution in [0, 0.1) is 0 Å². The van der Waals surface area contributed by atoms with E-state index in [2.05, 4.69) is 5.32 Å². The van der Waals surface area contributed by atoms with E-state index in [4.69, 9.17) is 25.8 Å². The van der Waals surface area contributed by atoms with E-state index < -0.39 is 0 Å². The van der Waals surface area contributed by atoms with Crippen molar-refractivity contribution in [1.82, 2.24) is 5.32 Å². The summed E-state index contributed by atoms with van der Waals surface area (Å²) in [7, 11) is 1.67. The molecule has 4 nitrogen and oxygen atoms in total. The van der Waals surface area contributed by atoms with Crippen molar-refractivity contribution >= 4 is 24.0 Å². The minimum atomic E-state index is 0. The molecular formula is C19H25Cl2NO3. The second kappa shape index (κ2) is 11.1. The number of methoxy groups -OCH3 is 1. The summed E-state index contributed by atoms with van der Waals surface area (Å²) in [5.74, 6) is 2.16. The third-order valence-electron chi connectivity index (χ3n) is 3.48. The lowest BCUT2D eigenvalue weighted by Gasteiger charge is -2.14. The van der Waals surface area contributed by atoms with Crippen LogP contribution >= 0.6 is 24.0 Å². The molecule has 0 aromatic heterocycles. The molecular weight excluding hydrogens is 361 g/mol. The zero-order chi connectivity index (χ0) is 17.4. The Morgan fingerprint density at radius 3 is 2.16 bits per heavy atom. The van der Waals surface area contributed by atoms with Crippen LogP contribution in [0.15, 0.2) is 36.4 Å². The number of ether oxygens (including phenoxy) is 3. The van der Waals surface area contributed by atoms with Crippen LogP contribution in [0.4, 0.5) is 0 Å². The van der Waals surface area contributed by atoms with Crippen LogP contribution in [0.1, 0.15) is 25.0 Å². The Balaban J connectivity index is 0.00000312. The maximum absolute atomic E-state index is 6.33. The highest BCUT2D eigenvalue weighted by atomic mass is 35.5. The molecule has 0 bridgehead atoms. The Morgan fingerprint density at radius 1 is 0.920 bits per heavy atom. The summed E-state index contributed by atoms with van der Waals surface area (Å²) in [6.07, 6.45) is 0. The van der Waals surface area contributed by atoms with Crippen molar-refractivity contribution in [1.29, 1.82) is 0 Å². The quantitative estimate of drug-likeness (QED) is 0.668. The lowest BCUT2D eigenvalue weighted by molar-refractivity contribution is 0.287. The Hall–Kier alpha value is -1.62. The number of nitrogens with one attached hydrogen (secondary N) is 1. The highest BCUT2D eigenvalue weighted by molar-refractivity contribution is 6.32. The van der Waals surface area contributed by atoms with Crippen molar-refractivity contribution in [2.45, 2.75) is 26.9 Å². The topological polar surface area (TPSA) is 39.7 Å². The van der Waals surface area contributed by atoms with Crippen LogP contribution in [0.25, 0.3) is 0 Å². The van der Waals surface area contributed by atoms with Gasteiger partial charge in [-0.1, -0.05) is 23.7 Å². The van der Waals surface area contributed by atoms with Crippen LogP contribution in [-0.2, 0) is 13.1 Å². The van der Waals surface area contributed by atoms with Crippen LogP contribution in [0.2, 0.25) is 5.02 Å². The predicted molar refractivity (Wildman–Crippen MR) is 105 cm³/mol. The third-order valence-corrected chi connectivity index (χ3v) is 3.76. The van der Waals surface area contributed by atoms with Crippen molar-refractivity contribution < 1.29 is 14.2 Å². The molecule has 2 aromatic carbocycles. The lowest BCUT2D eigenvalue weighted by Crippen LogP contribution is -2.13. The van der Waals surface area contributed by atoms with Crippen LogP contribution < -0.4 is 19.5 Å². The molecule has 0 saturated carbocycles. The molecule has 0 atom stereocenters. The molecule has 0 spiro atoms. The molecule has 0 unspecified atom stereocenters. The van der Waals surface area contributed by atoms with Gasteiger partial charge in [0.15, 0.2) is 11.5 Å². The Bertz CT molecular complexity index is 648. The normalized spacial score (nSPS) is 10.1. The first-order valence-corrected chi connectivity index (χ1v) is 8.47. The van der Waals surface area contributed by atoms with Gasteiger partial charge < -0.3 is 19.5 Å². The van der Waals surface area contributed by atoms with Gasteiger partial charge in [0.05, 0.1) is 25.3 Å². The van der Waals surface area contributed by atoms with E-state index >= 15 is 0 Å². The molecule has 2 aromatic rings. The van der Waals surface area contributed by atoms with E-state index in [1.54, 1.807) is 7.11 Å². The molecule has 0 fully saturated rings. The van der Waals surface area contributed by atoms with Crippen molar-refractivity contribution in [3.63, 3.8) is 0 Å². The Kier molecular flexibility index (Phi) is 9.50. The molecule has 0 aliphatic carbocycles. The van der Waals surface area contributed by atoms with Crippen LogP contribution in [-0.4, -0.2) is 20.3 Å². The number of hydrogen-bond acceptors (Lipinski definition) is 4. The van der Waals surface area contributed by atoms with E-state index in [0.29, 0.717) is 36.3 Å². The fraction of sp³-hybridized carbons (Fsp3) is 0.368. The molecule has 0 radical (unpaired) electrons. The Morgan fingerprint density at radius 2 is 1.56 bits per heavy atom. The van der Waals surface area contributed by atoms with Gasteiger partial charge in [-0.2, -0.15) is 0 Å². The van der Waals surface area contributed by atoms with Gasteiger partial charge in [0.25, 0.3) is 0 Å². The summed E-state index contributed by atoms with van der Waals surface area (Å²) in [6.45, 7) is 6.44. The van der Waals surface area contributed by atoms with Crippen molar-refractivity contribution in [3.8, 4) is 17.2 Å². The first-order valence-electron chi connectivity index (χ1n) is 8.09. The summed E-state index contributed by atoms with van der Waals surface area (Å²) >= 11 is 6.33. The fourth-order valence-corrected chi connectivity index (χ4v) is 2.65. The average Bonchev–Trinajstić information content (AvgIpc) is 2.59. The molecule has 2 rings (SSSR count). The molecule has 0 heterocycles. The number of hydrogen-bond donors (Lipinski definition) is 1. The fourth-order valence-electron chi connectivity index (χ4n) is 2.37. The Labute approximate surface area is 160 Å². The molecule has 138 valence electrons. The SMILES string of the molecule is CCOc1cc(CNCc2ccc(OC)cc2)cc(Cl)c1OCC.Cl. The minimum absolute atomic E-state index is 0. The predicted octanol–water partition coefficient (Wildman–Crippen LogP) is 4.86. The average molecular weight is 386 g/mol. The summed E-state index contributed by atoms with van der Waals surface area (Å²) in [6, 6.07) is 11.9. The van der Waals surface area contributed by atoms with E-state index in [0.717, 1.165) is 17.9 Å². The molecule has 0 aliphatic heterocycles. The number of rotatable bonds is 9. The first kappa shape index (κ1) is 21.4. The highest BCUT2D eigenvalue weighted by Crippen LogP contribution is 2.36. The van der Waals surface area contributed by atoms with Crippen molar-refractivity contribution in [2.24, 2.45) is 0 Å². The largest absolute Gasteiger partial charge is 0.497 e. The zero-order valence-electron chi connectivity index (χ0n) is 14.8. The molecule has 0 saturated heterocycles. The highest BCUT2D eigenvalue weighted by Gasteiger charge is 2.12. The van der Waals surface area contributed by atoms with Gasteiger partial charge in [0.2, 0.25) is 0 Å². The maximum Gasteiger partial charge on any atom is 0.179 e. The third kappa shape index (κ3) is 6.31. The van der Waals surface area contributed by atoms with E-state index in [1.165, 1.54) is 5.56 Å². The smallest absolute Gasteiger partial charge is 0.179 e. The minimum Gasteiger partial charge on any atom is -0.497 e. The molecule has 6 heteroatoms. The molecule has 0 amide bonds. The number of benzene rings is 2. The van der Waals surface area contributed by atoms with Gasteiger partial charge in [0.1, 0.15) is 5.75 Å². The van der Waals surface area contributed by atoms with E-state index in [9.17, 15) is 0 Å². The summed E-state index contributed by atoms with van der Waals surface area (Å²) in [5, 5.41) is 3.98. The monoisotopic (exact) mass is 385 g/mol. The summed E-state index contributed by atoms with van der Waals surface area (Å²) < 4.78 is 16.4. The second-order valence-electron chi connectivity index (χ2n) is 5.22. The van der Waals surface area contributed by atoms with E-state index in [1.807, 2.05) is 50.2 Å². The van der Waals surface area contributed by atoms with Gasteiger partial charge in [-0.05, 0) is 49.2 Å². The maximum atomic E-state index is 6.33. The lowest BCUT2D eigenvalue weighted by atomic mass is 10.1. The van der Waals surface area contributed by atoms with E-state index in [-0.39, 0.29) is 12.4 Å². The summed E-state index contributed by atoms with van der Waals surface area (Å²) in [5.41, 5.74) is 2.25. The van der Waals surface area contributed by atoms with Crippen molar-refractivity contribution in [3.05, 3.63) is 52.5 Å². The van der Waals surface area contributed by atoms with Crippen LogP contribution in [0.5, 0.6) is 17.2 Å². The van der Waals surface area contributed by atoms with Crippen molar-refractivity contribution in [2.75, 3.05) is 20.3 Å². The van der Waals surface area contributed by atoms with Gasteiger partial charge in [-0.15, -0.1) is 12.4 Å².